The number of halogens is 2. The quantitative estimate of drug-likeness (QED) is 0.801. The van der Waals surface area contributed by atoms with Crippen molar-refractivity contribution in [3.8, 4) is 0 Å². The Bertz CT molecular complexity index is 602. The van der Waals surface area contributed by atoms with Crippen molar-refractivity contribution in [3.05, 3.63) is 53.9 Å². The number of nitrogens with two attached hydrogens (primary N) is 1. The summed E-state index contributed by atoms with van der Waals surface area (Å²) in [6, 6.07) is 4.69. The minimum Gasteiger partial charge on any atom is -0.398 e. The molecule has 4 nitrogen and oxygen atoms in total. The SMILES string of the molecule is Nc1ccc(F)cc1C(=O)Nc1ccncc1F. The Kier molecular flexibility index (Phi) is 3.18. The van der Waals surface area contributed by atoms with E-state index in [0.29, 0.717) is 0 Å². The van der Waals surface area contributed by atoms with Gasteiger partial charge >= 0.3 is 0 Å². The van der Waals surface area contributed by atoms with Gasteiger partial charge < -0.3 is 11.1 Å². The summed E-state index contributed by atoms with van der Waals surface area (Å²) < 4.78 is 26.3. The van der Waals surface area contributed by atoms with Crippen LogP contribution in [-0.2, 0) is 0 Å². The van der Waals surface area contributed by atoms with Crippen molar-refractivity contribution < 1.29 is 13.6 Å². The maximum Gasteiger partial charge on any atom is 0.257 e. The molecule has 0 unspecified atom stereocenters. The predicted octanol–water partition coefficient (Wildman–Crippen LogP) is 2.19. The number of rotatable bonds is 2. The second-order valence-electron chi connectivity index (χ2n) is 3.54. The third-order valence-corrected chi connectivity index (χ3v) is 2.28. The first-order chi connectivity index (χ1) is 8.58. The number of aromatic nitrogens is 1. The summed E-state index contributed by atoms with van der Waals surface area (Å²) in [6.07, 6.45) is 2.29. The zero-order chi connectivity index (χ0) is 13.1. The lowest BCUT2D eigenvalue weighted by atomic mass is 10.1. The van der Waals surface area contributed by atoms with Crippen LogP contribution < -0.4 is 11.1 Å². The zero-order valence-electron chi connectivity index (χ0n) is 9.15. The van der Waals surface area contributed by atoms with E-state index in [1.54, 1.807) is 0 Å². The molecule has 1 aromatic heterocycles. The summed E-state index contributed by atoms with van der Waals surface area (Å²) >= 11 is 0. The normalized spacial score (nSPS) is 10.1. The van der Waals surface area contributed by atoms with Gasteiger partial charge in [0.15, 0.2) is 5.82 Å². The monoisotopic (exact) mass is 249 g/mol. The van der Waals surface area contributed by atoms with E-state index in [1.165, 1.54) is 18.3 Å². The van der Waals surface area contributed by atoms with Crippen LogP contribution in [0.4, 0.5) is 20.2 Å². The highest BCUT2D eigenvalue weighted by Crippen LogP contribution is 2.17. The average molecular weight is 249 g/mol. The van der Waals surface area contributed by atoms with Crippen molar-refractivity contribution in [2.24, 2.45) is 0 Å². The number of carbonyl (C=O) groups excluding carboxylic acids is 1. The molecule has 0 aliphatic carbocycles. The second kappa shape index (κ2) is 4.79. The lowest BCUT2D eigenvalue weighted by Crippen LogP contribution is -2.15. The third-order valence-electron chi connectivity index (χ3n) is 2.28. The maximum absolute atomic E-state index is 13.3. The molecule has 0 spiro atoms. The molecule has 0 aliphatic rings. The molecule has 3 N–H and O–H groups in total. The van der Waals surface area contributed by atoms with E-state index in [0.717, 1.165) is 18.3 Å². The van der Waals surface area contributed by atoms with Crippen LogP contribution in [0.2, 0.25) is 0 Å². The van der Waals surface area contributed by atoms with Gasteiger partial charge in [0.1, 0.15) is 5.82 Å². The molecule has 2 aromatic rings. The van der Waals surface area contributed by atoms with E-state index in [4.69, 9.17) is 5.73 Å². The standard InChI is InChI=1S/C12H9F2N3O/c13-7-1-2-10(15)8(5-7)12(18)17-11-3-4-16-6-9(11)14/h1-6H,15H2,(H,16,17,18). The smallest absolute Gasteiger partial charge is 0.257 e. The van der Waals surface area contributed by atoms with Gasteiger partial charge in [0.2, 0.25) is 0 Å². The fourth-order valence-electron chi connectivity index (χ4n) is 1.39. The number of benzene rings is 1. The van der Waals surface area contributed by atoms with Crippen molar-refractivity contribution in [2.45, 2.75) is 0 Å². The van der Waals surface area contributed by atoms with Crippen LogP contribution in [0.15, 0.2) is 36.7 Å². The van der Waals surface area contributed by atoms with Gasteiger partial charge in [0.25, 0.3) is 5.91 Å². The van der Waals surface area contributed by atoms with E-state index in [-0.39, 0.29) is 16.9 Å². The Morgan fingerprint density at radius 3 is 2.78 bits per heavy atom. The summed E-state index contributed by atoms with van der Waals surface area (Å²) in [7, 11) is 0. The molecule has 0 bridgehead atoms. The molecular weight excluding hydrogens is 240 g/mol. The van der Waals surface area contributed by atoms with Crippen LogP contribution in [0, 0.1) is 11.6 Å². The van der Waals surface area contributed by atoms with Gasteiger partial charge in [-0.1, -0.05) is 0 Å². The minimum atomic E-state index is -0.683. The van der Waals surface area contributed by atoms with Crippen molar-refractivity contribution in [1.29, 1.82) is 0 Å². The number of hydrogen-bond donors (Lipinski definition) is 2. The lowest BCUT2D eigenvalue weighted by Gasteiger charge is -2.08. The number of nitrogen functional groups attached to an aromatic ring is 1. The van der Waals surface area contributed by atoms with Crippen molar-refractivity contribution in [1.82, 2.24) is 4.98 Å². The fourth-order valence-corrected chi connectivity index (χ4v) is 1.39. The summed E-state index contributed by atoms with van der Waals surface area (Å²) in [5, 5.41) is 2.29. The van der Waals surface area contributed by atoms with Crippen molar-refractivity contribution in [2.75, 3.05) is 11.1 Å². The molecular formula is C12H9F2N3O. The Morgan fingerprint density at radius 2 is 2.06 bits per heavy atom. The first kappa shape index (κ1) is 12.0. The van der Waals surface area contributed by atoms with Crippen LogP contribution in [0.25, 0.3) is 0 Å². The average Bonchev–Trinajstić information content (AvgIpc) is 2.35. The van der Waals surface area contributed by atoms with Gasteiger partial charge in [-0.15, -0.1) is 0 Å². The van der Waals surface area contributed by atoms with E-state index >= 15 is 0 Å². The van der Waals surface area contributed by atoms with Crippen LogP contribution >= 0.6 is 0 Å². The summed E-state index contributed by atoms with van der Waals surface area (Å²) in [6.45, 7) is 0. The number of nitrogens with zero attached hydrogens (tertiary/aromatic N) is 1. The molecule has 92 valence electrons. The van der Waals surface area contributed by atoms with Gasteiger partial charge in [-0.2, -0.15) is 0 Å². The summed E-state index contributed by atoms with van der Waals surface area (Å²) in [4.78, 5) is 15.3. The lowest BCUT2D eigenvalue weighted by molar-refractivity contribution is 0.102. The first-order valence-corrected chi connectivity index (χ1v) is 5.04. The number of nitrogens with one attached hydrogen (secondary N) is 1. The van der Waals surface area contributed by atoms with Crippen molar-refractivity contribution >= 4 is 17.3 Å². The Labute approximate surface area is 101 Å². The Morgan fingerprint density at radius 1 is 1.28 bits per heavy atom. The molecule has 2 rings (SSSR count). The number of amides is 1. The molecule has 0 saturated heterocycles. The van der Waals surface area contributed by atoms with Gasteiger partial charge in [-0.25, -0.2) is 8.78 Å². The molecule has 0 fully saturated rings. The third kappa shape index (κ3) is 2.42. The van der Waals surface area contributed by atoms with Gasteiger partial charge in [0.05, 0.1) is 17.4 Å². The molecule has 18 heavy (non-hydrogen) atoms. The molecule has 0 radical (unpaired) electrons. The van der Waals surface area contributed by atoms with Crippen LogP contribution in [-0.4, -0.2) is 10.9 Å². The number of carbonyl (C=O) groups is 1. The second-order valence-corrected chi connectivity index (χ2v) is 3.54. The highest BCUT2D eigenvalue weighted by molar-refractivity contribution is 6.07. The molecule has 0 aliphatic heterocycles. The minimum absolute atomic E-state index is 0.0429. The largest absolute Gasteiger partial charge is 0.398 e. The molecule has 0 atom stereocenters. The summed E-state index contributed by atoms with van der Waals surface area (Å²) in [5.74, 6) is -1.96. The van der Waals surface area contributed by atoms with E-state index in [1.807, 2.05) is 0 Å². The molecule has 0 saturated carbocycles. The molecule has 1 heterocycles. The molecule has 1 amide bonds. The predicted molar refractivity (Wildman–Crippen MR) is 63.0 cm³/mol. The van der Waals surface area contributed by atoms with Crippen LogP contribution in [0.5, 0.6) is 0 Å². The topological polar surface area (TPSA) is 68.0 Å². The van der Waals surface area contributed by atoms with Crippen LogP contribution in [0.1, 0.15) is 10.4 Å². The van der Waals surface area contributed by atoms with Gasteiger partial charge in [-0.3, -0.25) is 9.78 Å². The molecule has 1 aromatic carbocycles. The van der Waals surface area contributed by atoms with E-state index in [2.05, 4.69) is 10.3 Å². The fraction of sp³-hybridized carbons (Fsp3) is 0. The molecule has 6 heteroatoms. The van der Waals surface area contributed by atoms with Crippen molar-refractivity contribution in [3.63, 3.8) is 0 Å². The number of pyridine rings is 1. The van der Waals surface area contributed by atoms with Gasteiger partial charge in [-0.05, 0) is 24.3 Å². The highest BCUT2D eigenvalue weighted by Gasteiger charge is 2.12. The maximum atomic E-state index is 13.3. The van der Waals surface area contributed by atoms with E-state index in [9.17, 15) is 13.6 Å². The van der Waals surface area contributed by atoms with E-state index < -0.39 is 17.5 Å². The number of hydrogen-bond acceptors (Lipinski definition) is 3. The van der Waals surface area contributed by atoms with Gasteiger partial charge in [0, 0.05) is 11.9 Å². The highest BCUT2D eigenvalue weighted by atomic mass is 19.1. The number of anilines is 2. The first-order valence-electron chi connectivity index (χ1n) is 5.04. The Balaban J connectivity index is 2.28. The zero-order valence-corrected chi connectivity index (χ0v) is 9.15. The summed E-state index contributed by atoms with van der Waals surface area (Å²) in [5.41, 5.74) is 5.57. The van der Waals surface area contributed by atoms with Crippen LogP contribution in [0.3, 0.4) is 0 Å². The Hall–Kier alpha value is -2.50.